The maximum atomic E-state index is 12.4. The van der Waals surface area contributed by atoms with E-state index in [-0.39, 0.29) is 35.5 Å². The van der Waals surface area contributed by atoms with Crippen molar-refractivity contribution in [2.75, 3.05) is 19.4 Å². The van der Waals surface area contributed by atoms with E-state index >= 15 is 0 Å². The van der Waals surface area contributed by atoms with Crippen molar-refractivity contribution in [1.29, 1.82) is 0 Å². The Hall–Kier alpha value is -1.95. The number of hydrogen-bond acceptors (Lipinski definition) is 8. The van der Waals surface area contributed by atoms with Crippen LogP contribution in [0.5, 0.6) is 0 Å². The van der Waals surface area contributed by atoms with Gasteiger partial charge in [0.2, 0.25) is 11.8 Å². The van der Waals surface area contributed by atoms with Gasteiger partial charge < -0.3 is 20.4 Å². The van der Waals surface area contributed by atoms with E-state index in [2.05, 4.69) is 10.3 Å². The fourth-order valence-electron chi connectivity index (χ4n) is 3.58. The lowest BCUT2D eigenvalue weighted by Gasteiger charge is -2.46. The zero-order valence-electron chi connectivity index (χ0n) is 16.7. The molecule has 1 fully saturated rings. The molecule has 0 aromatic carbocycles. The molecule has 1 saturated heterocycles. The first-order chi connectivity index (χ1) is 13.5. The molecule has 5 atom stereocenters. The number of thioether (sulfide) groups is 1. The molecule has 1 aromatic heterocycles. The Morgan fingerprint density at radius 1 is 1.38 bits per heavy atom. The van der Waals surface area contributed by atoms with Gasteiger partial charge in [-0.15, -0.1) is 11.3 Å². The minimum atomic E-state index is -1.18. The number of aliphatic hydroxyl groups is 1. The van der Waals surface area contributed by atoms with Crippen molar-refractivity contribution in [3.8, 4) is 0 Å². The number of aromatic nitrogens is 1. The zero-order valence-corrected chi connectivity index (χ0v) is 18.4. The lowest BCUT2D eigenvalue weighted by molar-refractivity contribution is -0.163. The van der Waals surface area contributed by atoms with Gasteiger partial charge in [-0.2, -0.15) is 0 Å². The van der Waals surface area contributed by atoms with Crippen molar-refractivity contribution in [3.05, 3.63) is 16.0 Å². The van der Waals surface area contributed by atoms with E-state index in [0.717, 1.165) is 0 Å². The monoisotopic (exact) mass is 440 g/mol. The number of nitrogens with zero attached hydrogens (tertiary/aromatic N) is 3. The number of anilines is 1. The molecule has 0 radical (unpaired) electrons. The molecule has 2 aliphatic heterocycles. The number of carboxylic acid groups (broad SMARTS) is 1. The van der Waals surface area contributed by atoms with Crippen LogP contribution in [0.15, 0.2) is 20.3 Å². The van der Waals surface area contributed by atoms with Crippen LogP contribution in [0.3, 0.4) is 0 Å². The van der Waals surface area contributed by atoms with Crippen molar-refractivity contribution < 1.29 is 24.6 Å². The van der Waals surface area contributed by atoms with E-state index in [1.165, 1.54) is 28.0 Å². The SMILES string of the molecule is CC(C(=O)Nc1csc(SC2=C(C(=O)O)N3C(=O)[C@H]([C@@H](C)O)[C@H]3[C@H]2C)n1)N(C)C. The third-order valence-corrected chi connectivity index (χ3v) is 7.62. The highest BCUT2D eigenvalue weighted by molar-refractivity contribution is 8.04. The molecule has 2 aliphatic rings. The number of carbonyl (C=O) groups excluding carboxylic acids is 2. The van der Waals surface area contributed by atoms with Crippen LogP contribution in [0.1, 0.15) is 20.8 Å². The molecular weight excluding hydrogens is 416 g/mol. The number of fused-ring (bicyclic) bond motifs is 1. The average Bonchev–Trinajstić information content (AvgIpc) is 3.15. The zero-order chi connectivity index (χ0) is 21.6. The Balaban J connectivity index is 1.80. The summed E-state index contributed by atoms with van der Waals surface area (Å²) in [5.74, 6) is -2.17. The van der Waals surface area contributed by atoms with Gasteiger partial charge in [-0.05, 0) is 27.9 Å². The first kappa shape index (κ1) is 21.8. The van der Waals surface area contributed by atoms with Gasteiger partial charge in [0.05, 0.1) is 24.1 Å². The van der Waals surface area contributed by atoms with Gasteiger partial charge >= 0.3 is 5.97 Å². The van der Waals surface area contributed by atoms with Gasteiger partial charge in [-0.25, -0.2) is 9.78 Å². The summed E-state index contributed by atoms with van der Waals surface area (Å²) in [5, 5.41) is 24.0. The number of aliphatic carboxylic acids is 1. The minimum absolute atomic E-state index is 0.0450. The molecule has 0 aliphatic carbocycles. The van der Waals surface area contributed by atoms with E-state index in [4.69, 9.17) is 0 Å². The molecular formula is C18H24N4O5S2. The molecule has 2 amide bonds. The van der Waals surface area contributed by atoms with Gasteiger partial charge in [-0.3, -0.25) is 14.5 Å². The third-order valence-electron chi connectivity index (χ3n) is 5.40. The Morgan fingerprint density at radius 2 is 2.03 bits per heavy atom. The van der Waals surface area contributed by atoms with Crippen LogP contribution in [0, 0.1) is 11.8 Å². The summed E-state index contributed by atoms with van der Waals surface area (Å²) in [7, 11) is 3.61. The van der Waals surface area contributed by atoms with Crippen LogP contribution in [0.2, 0.25) is 0 Å². The number of likely N-dealkylation sites (N-methyl/N-ethyl adjacent to an activating group) is 1. The number of hydrogen-bond donors (Lipinski definition) is 3. The molecule has 3 N–H and O–H groups in total. The van der Waals surface area contributed by atoms with E-state index in [1.807, 2.05) is 6.92 Å². The molecule has 0 saturated carbocycles. The molecule has 0 bridgehead atoms. The van der Waals surface area contributed by atoms with Crippen molar-refractivity contribution in [1.82, 2.24) is 14.8 Å². The molecule has 11 heteroatoms. The summed E-state index contributed by atoms with van der Waals surface area (Å²) in [6, 6.07) is -0.688. The molecule has 29 heavy (non-hydrogen) atoms. The molecule has 1 aromatic rings. The maximum Gasteiger partial charge on any atom is 0.353 e. The number of amides is 2. The maximum absolute atomic E-state index is 12.4. The first-order valence-corrected chi connectivity index (χ1v) is 10.8. The normalized spacial score (nSPS) is 25.7. The van der Waals surface area contributed by atoms with Crippen LogP contribution < -0.4 is 5.32 Å². The fourth-order valence-corrected chi connectivity index (χ4v) is 5.60. The largest absolute Gasteiger partial charge is 0.477 e. The summed E-state index contributed by atoms with van der Waals surface area (Å²) >= 11 is 2.48. The molecule has 0 spiro atoms. The Bertz CT molecular complexity index is 881. The highest BCUT2D eigenvalue weighted by Crippen LogP contribution is 2.52. The predicted molar refractivity (Wildman–Crippen MR) is 109 cm³/mol. The highest BCUT2D eigenvalue weighted by Gasteiger charge is 2.60. The first-order valence-electron chi connectivity index (χ1n) is 9.13. The van der Waals surface area contributed by atoms with E-state index < -0.39 is 18.0 Å². The van der Waals surface area contributed by atoms with Crippen molar-refractivity contribution in [2.24, 2.45) is 11.8 Å². The standard InChI is InChI=1S/C18H24N4O5S2/c1-7-12-11(9(3)23)16(25)22(12)13(17(26)27)14(7)29-18-20-10(6-28-18)19-15(24)8(2)21(4)5/h6-9,11-12,23H,1-5H3,(H,19,24)(H,26,27)/t7-,8?,9-,11-,12-/m1/s1. The van der Waals surface area contributed by atoms with Crippen LogP contribution in [-0.4, -0.2) is 75.1 Å². The molecule has 3 heterocycles. The van der Waals surface area contributed by atoms with Gasteiger partial charge in [0.25, 0.3) is 0 Å². The van der Waals surface area contributed by atoms with Crippen molar-refractivity contribution in [2.45, 2.75) is 43.3 Å². The quantitative estimate of drug-likeness (QED) is 0.542. The highest BCUT2D eigenvalue weighted by atomic mass is 32.2. The van der Waals surface area contributed by atoms with E-state index in [0.29, 0.717) is 15.1 Å². The Kier molecular flexibility index (Phi) is 6.04. The van der Waals surface area contributed by atoms with Crippen LogP contribution in [0.4, 0.5) is 5.82 Å². The lowest BCUT2D eigenvalue weighted by atomic mass is 9.79. The van der Waals surface area contributed by atoms with Gasteiger partial charge in [0.1, 0.15) is 11.5 Å². The van der Waals surface area contributed by atoms with Gasteiger partial charge in [-0.1, -0.05) is 18.7 Å². The van der Waals surface area contributed by atoms with Crippen LogP contribution in [0.25, 0.3) is 0 Å². The van der Waals surface area contributed by atoms with Crippen molar-refractivity contribution >= 4 is 46.7 Å². The fraction of sp³-hybridized carbons (Fsp3) is 0.556. The van der Waals surface area contributed by atoms with Crippen molar-refractivity contribution in [3.63, 3.8) is 0 Å². The summed E-state index contributed by atoms with van der Waals surface area (Å²) in [6.45, 7) is 5.18. The minimum Gasteiger partial charge on any atom is -0.477 e. The van der Waals surface area contributed by atoms with Gasteiger partial charge in [0, 0.05) is 16.2 Å². The second-order valence-corrected chi connectivity index (χ2v) is 9.65. The number of rotatable bonds is 7. The number of thiazole rings is 1. The number of carboxylic acids is 1. The second kappa shape index (κ2) is 8.05. The predicted octanol–water partition coefficient (Wildman–Crippen LogP) is 1.28. The lowest BCUT2D eigenvalue weighted by Crippen LogP contribution is -2.63. The average molecular weight is 441 g/mol. The Labute approximate surface area is 176 Å². The number of β-lactam (4-membered cyclic amide) rings is 1. The summed E-state index contributed by atoms with van der Waals surface area (Å²) < 4.78 is 0.571. The van der Waals surface area contributed by atoms with Crippen LogP contribution in [-0.2, 0) is 14.4 Å². The smallest absolute Gasteiger partial charge is 0.353 e. The summed E-state index contributed by atoms with van der Waals surface area (Å²) in [6.07, 6.45) is -0.842. The molecule has 9 nitrogen and oxygen atoms in total. The third kappa shape index (κ3) is 3.79. The van der Waals surface area contributed by atoms with E-state index in [9.17, 15) is 24.6 Å². The van der Waals surface area contributed by atoms with E-state index in [1.54, 1.807) is 38.2 Å². The number of carbonyl (C=O) groups is 3. The number of nitrogens with one attached hydrogen (secondary N) is 1. The summed E-state index contributed by atoms with van der Waals surface area (Å²) in [4.78, 5) is 44.4. The number of aliphatic hydroxyl groups excluding tert-OH is 1. The van der Waals surface area contributed by atoms with Gasteiger partial charge in [0.15, 0.2) is 4.34 Å². The topological polar surface area (TPSA) is 123 Å². The Morgan fingerprint density at radius 3 is 2.59 bits per heavy atom. The van der Waals surface area contributed by atoms with Crippen LogP contribution >= 0.6 is 23.1 Å². The molecule has 1 unspecified atom stereocenters. The molecule has 158 valence electrons. The second-order valence-electron chi connectivity index (χ2n) is 7.50. The molecule has 3 rings (SSSR count). The summed E-state index contributed by atoms with van der Waals surface area (Å²) in [5.41, 5.74) is -0.0450.